The lowest BCUT2D eigenvalue weighted by molar-refractivity contribution is -0.120. The van der Waals surface area contributed by atoms with Crippen LogP contribution in [0.2, 0.25) is 0 Å². The highest BCUT2D eigenvalue weighted by Crippen LogP contribution is 2.15. The Morgan fingerprint density at radius 1 is 1.36 bits per heavy atom. The van der Waals surface area contributed by atoms with E-state index in [0.717, 1.165) is 29.1 Å². The van der Waals surface area contributed by atoms with Crippen molar-refractivity contribution in [1.82, 2.24) is 20.1 Å². The van der Waals surface area contributed by atoms with E-state index >= 15 is 0 Å². The van der Waals surface area contributed by atoms with E-state index in [2.05, 4.69) is 29.2 Å². The highest BCUT2D eigenvalue weighted by atomic mass is 16.1. The van der Waals surface area contributed by atoms with Gasteiger partial charge in [-0.2, -0.15) is 5.10 Å². The molecule has 0 aliphatic carbocycles. The van der Waals surface area contributed by atoms with E-state index in [1.165, 1.54) is 0 Å². The molecule has 0 aliphatic rings. The first-order valence-corrected chi connectivity index (χ1v) is 7.66. The minimum atomic E-state index is 0.0131. The smallest absolute Gasteiger partial charge is 0.224 e. The molecule has 2 aromatic rings. The van der Waals surface area contributed by atoms with Gasteiger partial charge in [-0.15, -0.1) is 0 Å². The fourth-order valence-electron chi connectivity index (χ4n) is 2.44. The van der Waals surface area contributed by atoms with Crippen LogP contribution >= 0.6 is 0 Å². The number of aromatic nitrogens is 3. The third-order valence-electron chi connectivity index (χ3n) is 3.62. The molecule has 5 heteroatoms. The zero-order chi connectivity index (χ0) is 16.1. The zero-order valence-corrected chi connectivity index (χ0v) is 13.8. The first-order chi connectivity index (χ1) is 10.5. The Balaban J connectivity index is 1.98. The molecule has 0 aliphatic heterocycles. The van der Waals surface area contributed by atoms with Crippen LogP contribution in [0.25, 0.3) is 0 Å². The number of amides is 1. The number of rotatable bonds is 6. The van der Waals surface area contributed by atoms with Crippen LogP contribution in [-0.4, -0.2) is 20.7 Å². The summed E-state index contributed by atoms with van der Waals surface area (Å²) in [6.07, 6.45) is 3.86. The second-order valence-electron chi connectivity index (χ2n) is 6.04. The predicted octanol–water partition coefficient (Wildman–Crippen LogP) is 2.41. The number of aryl methyl sites for hydroxylation is 1. The Kier molecular flexibility index (Phi) is 5.31. The summed E-state index contributed by atoms with van der Waals surface area (Å²) >= 11 is 0. The highest BCUT2D eigenvalue weighted by molar-refractivity contribution is 5.79. The van der Waals surface area contributed by atoms with Gasteiger partial charge in [0.05, 0.1) is 12.1 Å². The monoisotopic (exact) mass is 300 g/mol. The molecule has 2 aromatic heterocycles. The molecule has 0 saturated heterocycles. The second-order valence-corrected chi connectivity index (χ2v) is 6.04. The molecular formula is C17H24N4O. The number of hydrogen-bond donors (Lipinski definition) is 1. The van der Waals surface area contributed by atoms with Crippen molar-refractivity contribution in [1.29, 1.82) is 0 Å². The van der Waals surface area contributed by atoms with Gasteiger partial charge in [0.2, 0.25) is 5.91 Å². The average molecular weight is 300 g/mol. The summed E-state index contributed by atoms with van der Waals surface area (Å²) in [5, 5.41) is 7.48. The Morgan fingerprint density at radius 3 is 2.77 bits per heavy atom. The summed E-state index contributed by atoms with van der Waals surface area (Å²) in [5.41, 5.74) is 4.06. The molecule has 0 spiro atoms. The van der Waals surface area contributed by atoms with E-state index in [0.29, 0.717) is 18.9 Å². The van der Waals surface area contributed by atoms with E-state index in [-0.39, 0.29) is 5.91 Å². The predicted molar refractivity (Wildman–Crippen MR) is 86.3 cm³/mol. The van der Waals surface area contributed by atoms with Crippen molar-refractivity contribution < 1.29 is 4.79 Å². The number of nitrogens with zero attached hydrogens (tertiary/aromatic N) is 3. The van der Waals surface area contributed by atoms with Crippen LogP contribution in [0.15, 0.2) is 24.5 Å². The van der Waals surface area contributed by atoms with Crippen LogP contribution in [0.3, 0.4) is 0 Å². The fraction of sp³-hybridized carbons (Fsp3) is 0.471. The molecule has 2 heterocycles. The van der Waals surface area contributed by atoms with Crippen molar-refractivity contribution in [3.63, 3.8) is 0 Å². The molecule has 0 unspecified atom stereocenters. The summed E-state index contributed by atoms with van der Waals surface area (Å²) in [7, 11) is 0. The first kappa shape index (κ1) is 16.2. The molecule has 0 saturated carbocycles. The summed E-state index contributed by atoms with van der Waals surface area (Å²) in [5.74, 6) is 0.546. The number of pyridine rings is 1. The van der Waals surface area contributed by atoms with Crippen molar-refractivity contribution in [2.24, 2.45) is 5.92 Å². The summed E-state index contributed by atoms with van der Waals surface area (Å²) in [4.78, 5) is 16.2. The molecule has 0 fully saturated rings. The van der Waals surface area contributed by atoms with E-state index < -0.39 is 0 Å². The third kappa shape index (κ3) is 4.16. The highest BCUT2D eigenvalue weighted by Gasteiger charge is 2.15. The molecule has 22 heavy (non-hydrogen) atoms. The molecule has 5 nitrogen and oxygen atoms in total. The van der Waals surface area contributed by atoms with Crippen LogP contribution < -0.4 is 5.32 Å². The van der Waals surface area contributed by atoms with Crippen molar-refractivity contribution in [3.05, 3.63) is 47.0 Å². The number of carbonyl (C=O) groups is 1. The molecule has 1 amide bonds. The molecular weight excluding hydrogens is 276 g/mol. The van der Waals surface area contributed by atoms with Gasteiger partial charge in [0.25, 0.3) is 0 Å². The lowest BCUT2D eigenvalue weighted by Crippen LogP contribution is -2.25. The lowest BCUT2D eigenvalue weighted by Gasteiger charge is -2.08. The molecule has 0 atom stereocenters. The van der Waals surface area contributed by atoms with Gasteiger partial charge in [-0.3, -0.25) is 14.5 Å². The largest absolute Gasteiger partial charge is 0.352 e. The molecule has 1 N–H and O–H groups in total. The standard InChI is InChI=1S/C17H24N4O/c1-12(2)11-21-14(4)16(13(3)20-21)8-17(22)19-10-15-6-5-7-18-9-15/h5-7,9,12H,8,10-11H2,1-4H3,(H,19,22). The molecule has 0 aromatic carbocycles. The maximum atomic E-state index is 12.2. The fourth-order valence-corrected chi connectivity index (χ4v) is 2.44. The van der Waals surface area contributed by atoms with Crippen LogP contribution in [0, 0.1) is 19.8 Å². The maximum absolute atomic E-state index is 12.2. The van der Waals surface area contributed by atoms with E-state index in [4.69, 9.17) is 0 Å². The van der Waals surface area contributed by atoms with Gasteiger partial charge in [0.15, 0.2) is 0 Å². The second kappa shape index (κ2) is 7.20. The Morgan fingerprint density at radius 2 is 2.14 bits per heavy atom. The average Bonchev–Trinajstić information content (AvgIpc) is 2.73. The minimum Gasteiger partial charge on any atom is -0.352 e. The molecule has 0 radical (unpaired) electrons. The van der Waals surface area contributed by atoms with E-state index in [1.807, 2.05) is 30.7 Å². The van der Waals surface area contributed by atoms with E-state index in [1.54, 1.807) is 12.4 Å². The van der Waals surface area contributed by atoms with Crippen LogP contribution in [-0.2, 0) is 24.3 Å². The maximum Gasteiger partial charge on any atom is 0.224 e. The van der Waals surface area contributed by atoms with Crippen LogP contribution in [0.4, 0.5) is 0 Å². The quantitative estimate of drug-likeness (QED) is 0.891. The minimum absolute atomic E-state index is 0.0131. The number of nitrogens with one attached hydrogen (secondary N) is 1. The van der Waals surface area contributed by atoms with Gasteiger partial charge in [-0.25, -0.2) is 0 Å². The molecule has 0 bridgehead atoms. The molecule has 118 valence electrons. The van der Waals surface area contributed by atoms with Gasteiger partial charge >= 0.3 is 0 Å². The summed E-state index contributed by atoms with van der Waals surface area (Å²) in [6, 6.07) is 3.82. The summed E-state index contributed by atoms with van der Waals surface area (Å²) in [6.45, 7) is 9.71. The first-order valence-electron chi connectivity index (χ1n) is 7.66. The van der Waals surface area contributed by atoms with Crippen molar-refractivity contribution in [2.45, 2.75) is 47.2 Å². The third-order valence-corrected chi connectivity index (χ3v) is 3.62. The lowest BCUT2D eigenvalue weighted by atomic mass is 10.1. The van der Waals surface area contributed by atoms with Crippen molar-refractivity contribution in [3.8, 4) is 0 Å². The van der Waals surface area contributed by atoms with Gasteiger partial charge in [-0.05, 0) is 31.4 Å². The van der Waals surface area contributed by atoms with Crippen molar-refractivity contribution >= 4 is 5.91 Å². The van der Waals surface area contributed by atoms with Crippen LogP contribution in [0.5, 0.6) is 0 Å². The van der Waals surface area contributed by atoms with Gasteiger partial charge < -0.3 is 5.32 Å². The topological polar surface area (TPSA) is 59.8 Å². The Hall–Kier alpha value is -2.17. The molecule has 2 rings (SSSR count). The van der Waals surface area contributed by atoms with E-state index in [9.17, 15) is 4.79 Å². The number of hydrogen-bond acceptors (Lipinski definition) is 3. The Bertz CT molecular complexity index is 632. The number of carbonyl (C=O) groups excluding carboxylic acids is 1. The SMILES string of the molecule is Cc1nn(CC(C)C)c(C)c1CC(=O)NCc1cccnc1. The van der Waals surface area contributed by atoms with Gasteiger partial charge in [0.1, 0.15) is 0 Å². The van der Waals surface area contributed by atoms with Gasteiger partial charge in [0, 0.05) is 36.7 Å². The van der Waals surface area contributed by atoms with Crippen molar-refractivity contribution in [2.75, 3.05) is 0 Å². The zero-order valence-electron chi connectivity index (χ0n) is 13.8. The van der Waals surface area contributed by atoms with Gasteiger partial charge in [-0.1, -0.05) is 19.9 Å². The Labute approximate surface area is 131 Å². The summed E-state index contributed by atoms with van der Waals surface area (Å²) < 4.78 is 2.00. The normalized spacial score (nSPS) is 11.0. The van der Waals surface area contributed by atoms with Crippen LogP contribution in [0.1, 0.15) is 36.4 Å².